The van der Waals surface area contributed by atoms with E-state index in [-0.39, 0.29) is 0 Å². The Morgan fingerprint density at radius 2 is 2.10 bits per heavy atom. The zero-order valence-corrected chi connectivity index (χ0v) is 13.0. The first-order valence-corrected chi connectivity index (χ1v) is 7.23. The molecular formula is C13H22N8. The minimum absolute atomic E-state index is 0.343. The van der Waals surface area contributed by atoms with Crippen LogP contribution in [-0.2, 0) is 0 Å². The minimum Gasteiger partial charge on any atom is -0.354 e. The molecule has 2 rings (SSSR count). The van der Waals surface area contributed by atoms with Crippen molar-refractivity contribution < 1.29 is 0 Å². The lowest BCUT2D eigenvalue weighted by molar-refractivity contribution is 0.643. The van der Waals surface area contributed by atoms with Crippen molar-refractivity contribution in [3.63, 3.8) is 0 Å². The van der Waals surface area contributed by atoms with E-state index in [1.807, 2.05) is 11.9 Å². The Morgan fingerprint density at radius 1 is 1.29 bits per heavy atom. The van der Waals surface area contributed by atoms with Gasteiger partial charge < -0.3 is 10.2 Å². The Balaban J connectivity index is 2.37. The summed E-state index contributed by atoms with van der Waals surface area (Å²) in [5, 5.41) is 7.28. The molecule has 21 heavy (non-hydrogen) atoms. The van der Waals surface area contributed by atoms with Crippen LogP contribution in [-0.4, -0.2) is 49.4 Å². The minimum atomic E-state index is 0.343. The van der Waals surface area contributed by atoms with E-state index in [0.717, 1.165) is 19.4 Å². The third-order valence-corrected chi connectivity index (χ3v) is 3.34. The summed E-state index contributed by atoms with van der Waals surface area (Å²) in [4.78, 5) is 19.3. The molecule has 0 aliphatic rings. The van der Waals surface area contributed by atoms with Crippen LogP contribution in [0.15, 0.2) is 12.7 Å². The summed E-state index contributed by atoms with van der Waals surface area (Å²) in [6.45, 7) is 7.18. The molecule has 0 amide bonds. The molecule has 0 spiro atoms. The summed E-state index contributed by atoms with van der Waals surface area (Å²) in [7, 11) is 1.98. The molecule has 0 saturated carbocycles. The normalized spacial score (nSPS) is 12.2. The van der Waals surface area contributed by atoms with E-state index < -0.39 is 0 Å². The number of aromatic nitrogens is 6. The molecule has 8 nitrogen and oxygen atoms in total. The number of hydrogen-bond donors (Lipinski definition) is 1. The second-order valence-corrected chi connectivity index (χ2v) is 4.89. The van der Waals surface area contributed by atoms with Gasteiger partial charge in [-0.3, -0.25) is 0 Å². The van der Waals surface area contributed by atoms with E-state index >= 15 is 0 Å². The van der Waals surface area contributed by atoms with Crippen LogP contribution >= 0.6 is 0 Å². The summed E-state index contributed by atoms with van der Waals surface area (Å²) in [5.74, 6) is 1.65. The van der Waals surface area contributed by atoms with Crippen LogP contribution in [0.4, 0.5) is 11.9 Å². The molecule has 1 atom stereocenters. The van der Waals surface area contributed by atoms with Crippen LogP contribution in [0.2, 0.25) is 0 Å². The quantitative estimate of drug-likeness (QED) is 0.827. The van der Waals surface area contributed by atoms with Crippen molar-refractivity contribution in [2.75, 3.05) is 23.8 Å². The average molecular weight is 290 g/mol. The fraction of sp³-hybridized carbons (Fsp3) is 0.615. The zero-order valence-electron chi connectivity index (χ0n) is 13.0. The number of nitrogens with one attached hydrogen (secondary N) is 1. The molecule has 114 valence electrons. The van der Waals surface area contributed by atoms with Gasteiger partial charge in [-0.25, -0.2) is 4.98 Å². The maximum atomic E-state index is 4.48. The summed E-state index contributed by atoms with van der Waals surface area (Å²) >= 11 is 0. The zero-order chi connectivity index (χ0) is 15.2. The lowest BCUT2D eigenvalue weighted by Gasteiger charge is -2.24. The van der Waals surface area contributed by atoms with E-state index in [4.69, 9.17) is 0 Å². The first-order valence-electron chi connectivity index (χ1n) is 7.23. The topological polar surface area (TPSA) is 84.7 Å². The Labute approximate surface area is 124 Å². The number of nitrogens with zero attached hydrogens (tertiary/aromatic N) is 7. The van der Waals surface area contributed by atoms with E-state index in [2.05, 4.69) is 51.1 Å². The molecule has 0 fully saturated rings. The van der Waals surface area contributed by atoms with Crippen LogP contribution in [0.3, 0.4) is 0 Å². The number of hydrogen-bond acceptors (Lipinski definition) is 7. The molecular weight excluding hydrogens is 268 g/mol. The fourth-order valence-electron chi connectivity index (χ4n) is 1.71. The van der Waals surface area contributed by atoms with E-state index in [1.165, 1.54) is 11.0 Å². The molecule has 1 N–H and O–H groups in total. The van der Waals surface area contributed by atoms with Gasteiger partial charge in [0.25, 0.3) is 5.95 Å². The van der Waals surface area contributed by atoms with Crippen molar-refractivity contribution in [1.29, 1.82) is 0 Å². The van der Waals surface area contributed by atoms with Gasteiger partial charge >= 0.3 is 0 Å². The Bertz CT molecular complexity index is 553. The van der Waals surface area contributed by atoms with Crippen LogP contribution < -0.4 is 10.2 Å². The highest BCUT2D eigenvalue weighted by atomic mass is 15.4. The molecule has 2 heterocycles. The lowest BCUT2D eigenvalue weighted by atomic mass is 10.2. The van der Waals surface area contributed by atoms with E-state index in [1.54, 1.807) is 6.33 Å². The summed E-state index contributed by atoms with van der Waals surface area (Å²) in [6.07, 6.45) is 5.05. The highest BCUT2D eigenvalue weighted by Crippen LogP contribution is 2.15. The van der Waals surface area contributed by atoms with Crippen LogP contribution in [0.1, 0.15) is 33.6 Å². The van der Waals surface area contributed by atoms with Gasteiger partial charge in [0, 0.05) is 19.6 Å². The second-order valence-electron chi connectivity index (χ2n) is 4.89. The Hall–Kier alpha value is -2.25. The molecule has 0 radical (unpaired) electrons. The van der Waals surface area contributed by atoms with Gasteiger partial charge in [-0.1, -0.05) is 13.8 Å². The van der Waals surface area contributed by atoms with Crippen molar-refractivity contribution in [2.24, 2.45) is 0 Å². The van der Waals surface area contributed by atoms with E-state index in [9.17, 15) is 0 Å². The van der Waals surface area contributed by atoms with Gasteiger partial charge in [0.15, 0.2) is 0 Å². The van der Waals surface area contributed by atoms with Gasteiger partial charge in [-0.15, -0.1) is 0 Å². The van der Waals surface area contributed by atoms with E-state index in [0.29, 0.717) is 23.9 Å². The standard InChI is InChI=1S/C13H22N8/c1-5-7-15-11-17-12(20(4)10(3)6-2)19-13(18-11)21-9-14-8-16-21/h8-10H,5-7H2,1-4H3,(H,15,17,18,19). The van der Waals surface area contributed by atoms with Gasteiger partial charge in [-0.05, 0) is 19.8 Å². The smallest absolute Gasteiger partial charge is 0.258 e. The highest BCUT2D eigenvalue weighted by Gasteiger charge is 2.15. The monoisotopic (exact) mass is 290 g/mol. The fourth-order valence-corrected chi connectivity index (χ4v) is 1.71. The Kier molecular flexibility index (Phi) is 5.02. The molecule has 2 aromatic heterocycles. The molecule has 0 aliphatic heterocycles. The van der Waals surface area contributed by atoms with Crippen molar-refractivity contribution in [1.82, 2.24) is 29.7 Å². The molecule has 0 aromatic carbocycles. The summed E-state index contributed by atoms with van der Waals surface area (Å²) in [5.41, 5.74) is 0. The van der Waals surface area contributed by atoms with Crippen molar-refractivity contribution in [2.45, 2.75) is 39.7 Å². The third-order valence-electron chi connectivity index (χ3n) is 3.34. The van der Waals surface area contributed by atoms with Crippen LogP contribution in [0.25, 0.3) is 5.95 Å². The second kappa shape index (κ2) is 6.96. The molecule has 0 aliphatic carbocycles. The third kappa shape index (κ3) is 3.65. The average Bonchev–Trinajstić information content (AvgIpc) is 3.05. The summed E-state index contributed by atoms with van der Waals surface area (Å²) in [6, 6.07) is 0.343. The predicted octanol–water partition coefficient (Wildman–Crippen LogP) is 1.51. The summed E-state index contributed by atoms with van der Waals surface area (Å²) < 4.78 is 1.53. The van der Waals surface area contributed by atoms with Crippen molar-refractivity contribution in [3.8, 4) is 5.95 Å². The van der Waals surface area contributed by atoms with Gasteiger partial charge in [-0.2, -0.15) is 24.7 Å². The molecule has 0 saturated heterocycles. The molecule has 8 heteroatoms. The lowest BCUT2D eigenvalue weighted by Crippen LogP contribution is -2.30. The van der Waals surface area contributed by atoms with Crippen molar-refractivity contribution >= 4 is 11.9 Å². The maximum absolute atomic E-state index is 4.48. The highest BCUT2D eigenvalue weighted by molar-refractivity contribution is 5.40. The van der Waals surface area contributed by atoms with Gasteiger partial charge in [0.1, 0.15) is 12.7 Å². The molecule has 0 bridgehead atoms. The van der Waals surface area contributed by atoms with Crippen LogP contribution in [0.5, 0.6) is 0 Å². The first kappa shape index (κ1) is 15.1. The first-order chi connectivity index (χ1) is 10.2. The largest absolute Gasteiger partial charge is 0.354 e. The molecule has 1 unspecified atom stereocenters. The SMILES string of the molecule is CCCNc1nc(N(C)C(C)CC)nc(-n2cncn2)n1. The Morgan fingerprint density at radius 3 is 2.71 bits per heavy atom. The van der Waals surface area contributed by atoms with Crippen molar-refractivity contribution in [3.05, 3.63) is 12.7 Å². The number of rotatable bonds is 7. The number of anilines is 2. The predicted molar refractivity (Wildman–Crippen MR) is 81.7 cm³/mol. The molecule has 2 aromatic rings. The van der Waals surface area contributed by atoms with Gasteiger partial charge in [0.05, 0.1) is 0 Å². The van der Waals surface area contributed by atoms with Crippen LogP contribution in [0, 0.1) is 0 Å². The maximum Gasteiger partial charge on any atom is 0.258 e. The van der Waals surface area contributed by atoms with Gasteiger partial charge in [0.2, 0.25) is 11.9 Å².